The van der Waals surface area contributed by atoms with E-state index in [4.69, 9.17) is 0 Å². The van der Waals surface area contributed by atoms with Crippen LogP contribution >= 0.6 is 12.4 Å². The molecule has 1 aromatic carbocycles. The number of halogens is 1. The fraction of sp³-hybridized carbons (Fsp3) is 0.429. The Hall–Kier alpha value is -1.49. The van der Waals surface area contributed by atoms with E-state index in [0.717, 1.165) is 19.5 Å². The summed E-state index contributed by atoms with van der Waals surface area (Å²) in [6, 6.07) is 8.67. The first kappa shape index (κ1) is 21.5. The number of nitrogens with zero attached hydrogens (tertiary/aromatic N) is 1. The van der Waals surface area contributed by atoms with Gasteiger partial charge in [0.1, 0.15) is 0 Å². The molecule has 0 unspecified atom stereocenters. The summed E-state index contributed by atoms with van der Waals surface area (Å²) in [6.45, 7) is 14.5. The lowest BCUT2D eigenvalue weighted by Crippen LogP contribution is -2.17. The fourth-order valence-corrected chi connectivity index (χ4v) is 2.02. The second-order valence-corrected chi connectivity index (χ2v) is 6.78. The predicted molar refractivity (Wildman–Crippen MR) is 106 cm³/mol. The summed E-state index contributed by atoms with van der Waals surface area (Å²) in [5.74, 6) is 6.31. The van der Waals surface area contributed by atoms with Crippen LogP contribution in [0.1, 0.15) is 45.2 Å². The summed E-state index contributed by atoms with van der Waals surface area (Å²) in [5.41, 5.74) is 3.84. The molecule has 0 saturated heterocycles. The fourth-order valence-electron chi connectivity index (χ4n) is 2.02. The molecule has 0 amide bonds. The van der Waals surface area contributed by atoms with Gasteiger partial charge in [0.15, 0.2) is 0 Å². The molecule has 1 aromatic rings. The molecule has 0 aromatic heterocycles. The molecule has 1 rings (SSSR count). The van der Waals surface area contributed by atoms with Gasteiger partial charge >= 0.3 is 0 Å². The van der Waals surface area contributed by atoms with Crippen LogP contribution in [0, 0.1) is 17.3 Å². The molecule has 0 fully saturated rings. The maximum absolute atomic E-state index is 4.11. The summed E-state index contributed by atoms with van der Waals surface area (Å²) < 4.78 is 0. The van der Waals surface area contributed by atoms with Gasteiger partial charge in [0.2, 0.25) is 0 Å². The third-order valence-electron chi connectivity index (χ3n) is 3.28. The van der Waals surface area contributed by atoms with Crippen LogP contribution in [0.3, 0.4) is 0 Å². The van der Waals surface area contributed by atoms with Crippen molar-refractivity contribution >= 4 is 18.0 Å². The Labute approximate surface area is 148 Å². The lowest BCUT2D eigenvalue weighted by atomic mass is 9.98. The highest BCUT2D eigenvalue weighted by atomic mass is 35.5. The molecule has 0 aliphatic heterocycles. The molecule has 0 heterocycles. The Morgan fingerprint density at radius 1 is 1.30 bits per heavy atom. The van der Waals surface area contributed by atoms with Gasteiger partial charge in [-0.05, 0) is 57.0 Å². The van der Waals surface area contributed by atoms with Crippen molar-refractivity contribution < 1.29 is 0 Å². The number of benzene rings is 1. The van der Waals surface area contributed by atoms with Crippen molar-refractivity contribution in [3.05, 3.63) is 54.1 Å². The largest absolute Gasteiger partial charge is 0.298 e. The van der Waals surface area contributed by atoms with E-state index in [2.05, 4.69) is 88.4 Å². The highest BCUT2D eigenvalue weighted by molar-refractivity contribution is 5.85. The zero-order valence-electron chi connectivity index (χ0n) is 15.1. The van der Waals surface area contributed by atoms with Gasteiger partial charge in [-0.1, -0.05) is 55.7 Å². The smallest absolute Gasteiger partial charge is 0.0234 e. The first-order chi connectivity index (χ1) is 10.3. The van der Waals surface area contributed by atoms with E-state index in [-0.39, 0.29) is 17.8 Å². The molecule has 0 saturated carbocycles. The average Bonchev–Trinajstić information content (AvgIpc) is 2.45. The van der Waals surface area contributed by atoms with Crippen LogP contribution in [0.4, 0.5) is 0 Å². The number of rotatable bonds is 6. The summed E-state index contributed by atoms with van der Waals surface area (Å²) in [5, 5.41) is 0. The molecule has 0 bridgehead atoms. The van der Waals surface area contributed by atoms with E-state index in [0.29, 0.717) is 0 Å². The summed E-state index contributed by atoms with van der Waals surface area (Å²) in [7, 11) is 2.13. The van der Waals surface area contributed by atoms with Crippen molar-refractivity contribution in [2.75, 3.05) is 13.6 Å². The van der Waals surface area contributed by atoms with E-state index in [1.54, 1.807) is 0 Å². The molecule has 2 heteroatoms. The second kappa shape index (κ2) is 10.3. The van der Waals surface area contributed by atoms with E-state index >= 15 is 0 Å². The van der Waals surface area contributed by atoms with Crippen LogP contribution in [-0.2, 0) is 6.54 Å². The molecule has 126 valence electrons. The van der Waals surface area contributed by atoms with Crippen LogP contribution < -0.4 is 0 Å². The molecule has 1 nitrogen and oxygen atoms in total. The van der Waals surface area contributed by atoms with Gasteiger partial charge in [0.05, 0.1) is 0 Å². The van der Waals surface area contributed by atoms with Gasteiger partial charge < -0.3 is 0 Å². The summed E-state index contributed by atoms with van der Waals surface area (Å²) in [6.07, 6.45) is 5.07. The van der Waals surface area contributed by atoms with E-state index in [1.807, 2.05) is 6.08 Å². The monoisotopic (exact) mass is 331 g/mol. The molecule has 0 aliphatic carbocycles. The Morgan fingerprint density at radius 3 is 2.61 bits per heavy atom. The van der Waals surface area contributed by atoms with E-state index in [9.17, 15) is 0 Å². The Kier molecular flexibility index (Phi) is 9.65. The molecule has 0 atom stereocenters. The second-order valence-electron chi connectivity index (χ2n) is 6.78. The Balaban J connectivity index is 0.00000484. The maximum Gasteiger partial charge on any atom is 0.0234 e. The first-order valence-corrected chi connectivity index (χ1v) is 7.95. The molecule has 0 spiro atoms. The topological polar surface area (TPSA) is 3.24 Å². The molecular weight excluding hydrogens is 302 g/mol. The zero-order valence-corrected chi connectivity index (χ0v) is 16.0. The quantitative estimate of drug-likeness (QED) is 0.616. The average molecular weight is 332 g/mol. The van der Waals surface area contributed by atoms with Crippen LogP contribution in [-0.4, -0.2) is 18.5 Å². The molecular formula is C21H30ClN. The van der Waals surface area contributed by atoms with Crippen molar-refractivity contribution in [1.82, 2.24) is 4.90 Å². The van der Waals surface area contributed by atoms with Crippen molar-refractivity contribution in [1.29, 1.82) is 0 Å². The standard InChI is InChI=1S/C21H29N.ClH/c1-7-18(2)20-13-11-12-19(16-20)17-22(6)15-10-8-9-14-21(3,4)5;/h8,10-13,16H,2,7,15,17H2,1,3-6H3;1H. The summed E-state index contributed by atoms with van der Waals surface area (Å²) >= 11 is 0. The van der Waals surface area contributed by atoms with Crippen LogP contribution in [0.15, 0.2) is 43.0 Å². The first-order valence-electron chi connectivity index (χ1n) is 7.95. The van der Waals surface area contributed by atoms with Gasteiger partial charge in [0.25, 0.3) is 0 Å². The highest BCUT2D eigenvalue weighted by Gasteiger charge is 2.03. The number of allylic oxidation sites excluding steroid dienone is 2. The SMILES string of the molecule is C=C(CC)c1cccc(CN(C)CC=CC#CC(C)(C)C)c1.Cl. The van der Waals surface area contributed by atoms with Crippen LogP contribution in [0.5, 0.6) is 0 Å². The molecule has 0 radical (unpaired) electrons. The van der Waals surface area contributed by atoms with Crippen LogP contribution in [0.2, 0.25) is 0 Å². The normalized spacial score (nSPS) is 11.0. The van der Waals surface area contributed by atoms with Gasteiger partial charge in [-0.15, -0.1) is 12.4 Å². The van der Waals surface area contributed by atoms with E-state index in [1.165, 1.54) is 16.7 Å². The number of likely N-dealkylation sites (N-methyl/N-ethyl adjacent to an activating group) is 1. The van der Waals surface area contributed by atoms with Crippen LogP contribution in [0.25, 0.3) is 5.57 Å². The maximum atomic E-state index is 4.11. The highest BCUT2D eigenvalue weighted by Crippen LogP contribution is 2.17. The third kappa shape index (κ3) is 9.29. The van der Waals surface area contributed by atoms with Crippen molar-refractivity contribution in [2.24, 2.45) is 5.41 Å². The number of hydrogen-bond donors (Lipinski definition) is 0. The summed E-state index contributed by atoms with van der Waals surface area (Å²) in [4.78, 5) is 2.28. The Bertz CT molecular complexity index is 582. The van der Waals surface area contributed by atoms with Gasteiger partial charge in [0, 0.05) is 18.5 Å². The number of hydrogen-bond acceptors (Lipinski definition) is 1. The van der Waals surface area contributed by atoms with Crippen molar-refractivity contribution in [3.63, 3.8) is 0 Å². The van der Waals surface area contributed by atoms with E-state index < -0.39 is 0 Å². The molecule has 0 N–H and O–H groups in total. The van der Waals surface area contributed by atoms with Crippen molar-refractivity contribution in [2.45, 2.75) is 40.7 Å². The minimum absolute atomic E-state index is 0. The predicted octanol–water partition coefficient (Wildman–Crippen LogP) is 5.57. The zero-order chi connectivity index (χ0) is 16.6. The third-order valence-corrected chi connectivity index (χ3v) is 3.28. The van der Waals surface area contributed by atoms with Gasteiger partial charge in [-0.2, -0.15) is 0 Å². The lowest BCUT2D eigenvalue weighted by molar-refractivity contribution is 0.363. The van der Waals surface area contributed by atoms with Gasteiger partial charge in [-0.3, -0.25) is 4.90 Å². The minimum Gasteiger partial charge on any atom is -0.298 e. The Morgan fingerprint density at radius 2 is 2.00 bits per heavy atom. The molecule has 0 aliphatic rings. The lowest BCUT2D eigenvalue weighted by Gasteiger charge is -2.15. The molecule has 23 heavy (non-hydrogen) atoms. The minimum atomic E-state index is 0. The van der Waals surface area contributed by atoms with Crippen molar-refractivity contribution in [3.8, 4) is 11.8 Å². The van der Waals surface area contributed by atoms with Gasteiger partial charge in [-0.25, -0.2) is 0 Å².